The summed E-state index contributed by atoms with van der Waals surface area (Å²) in [5.74, 6) is -1.97. The zero-order valence-corrected chi connectivity index (χ0v) is 14.9. The Bertz CT molecular complexity index is 684. The summed E-state index contributed by atoms with van der Waals surface area (Å²) >= 11 is 0. The Labute approximate surface area is 155 Å². The van der Waals surface area contributed by atoms with Gasteiger partial charge in [0.25, 0.3) is 18.2 Å². The molecule has 1 saturated heterocycles. The number of alkyl halides is 2. The molecule has 1 atom stereocenters. The molecule has 1 aromatic rings. The molecule has 1 heterocycles. The summed E-state index contributed by atoms with van der Waals surface area (Å²) in [5.41, 5.74) is 6.23. The Morgan fingerprint density at radius 3 is 2.52 bits per heavy atom. The number of anilines is 2. The van der Waals surface area contributed by atoms with Crippen LogP contribution in [0.1, 0.15) is 6.92 Å². The van der Waals surface area contributed by atoms with Gasteiger partial charge in [-0.1, -0.05) is 6.92 Å². The lowest BCUT2D eigenvalue weighted by atomic mass is 10.2. The normalized spacial score (nSPS) is 15.9. The van der Waals surface area contributed by atoms with Crippen LogP contribution in [-0.4, -0.2) is 67.9 Å². The lowest BCUT2D eigenvalue weighted by Crippen LogP contribution is -2.53. The summed E-state index contributed by atoms with van der Waals surface area (Å²) in [4.78, 5) is 38.4. The fraction of sp³-hybridized carbons (Fsp3) is 0.471. The lowest BCUT2D eigenvalue weighted by Gasteiger charge is -2.28. The van der Waals surface area contributed by atoms with Gasteiger partial charge in [-0.3, -0.25) is 19.3 Å². The van der Waals surface area contributed by atoms with Crippen LogP contribution in [0.15, 0.2) is 24.3 Å². The first kappa shape index (κ1) is 20.7. The van der Waals surface area contributed by atoms with Crippen molar-refractivity contribution in [3.63, 3.8) is 0 Å². The molecule has 0 unspecified atom stereocenters. The number of benzene rings is 1. The van der Waals surface area contributed by atoms with Gasteiger partial charge < -0.3 is 20.7 Å². The number of hydrogen-bond acceptors (Lipinski definition) is 5. The van der Waals surface area contributed by atoms with Crippen molar-refractivity contribution < 1.29 is 27.9 Å². The van der Waals surface area contributed by atoms with Crippen LogP contribution in [0.4, 0.5) is 20.2 Å². The van der Waals surface area contributed by atoms with Gasteiger partial charge in [0, 0.05) is 17.9 Å². The van der Waals surface area contributed by atoms with Crippen molar-refractivity contribution in [1.29, 1.82) is 0 Å². The van der Waals surface area contributed by atoms with E-state index in [-0.39, 0.29) is 19.1 Å². The molecule has 0 bridgehead atoms. The minimum Gasteiger partial charge on any atom is -0.370 e. The maximum atomic E-state index is 12.7. The van der Waals surface area contributed by atoms with E-state index in [1.165, 1.54) is 0 Å². The third kappa shape index (κ3) is 5.44. The predicted octanol–water partition coefficient (Wildman–Crippen LogP) is 0.429. The maximum Gasteiger partial charge on any atom is 0.253 e. The van der Waals surface area contributed by atoms with Gasteiger partial charge in [-0.05, 0) is 30.8 Å². The van der Waals surface area contributed by atoms with Crippen molar-refractivity contribution in [3.8, 4) is 0 Å². The first-order valence-electron chi connectivity index (χ1n) is 8.44. The number of halogens is 2. The number of likely N-dealkylation sites (N-methyl/N-ethyl adjacent to an activating group) is 1. The van der Waals surface area contributed by atoms with E-state index in [0.717, 1.165) is 4.90 Å². The second kappa shape index (κ2) is 9.38. The molecule has 8 nitrogen and oxygen atoms in total. The van der Waals surface area contributed by atoms with Crippen LogP contribution in [0.2, 0.25) is 0 Å². The number of nitrogens with two attached hydrogens (primary N) is 1. The average Bonchev–Trinajstić information content (AvgIpc) is 2.61. The minimum absolute atomic E-state index is 0.00969. The molecule has 3 N–H and O–H groups in total. The maximum absolute atomic E-state index is 12.7. The number of primary amides is 1. The molecule has 0 aliphatic carbocycles. The predicted molar refractivity (Wildman–Crippen MR) is 94.5 cm³/mol. The van der Waals surface area contributed by atoms with E-state index in [2.05, 4.69) is 5.32 Å². The van der Waals surface area contributed by atoms with Gasteiger partial charge >= 0.3 is 0 Å². The number of hydrogen-bond donors (Lipinski definition) is 2. The fourth-order valence-corrected chi connectivity index (χ4v) is 2.80. The molecule has 1 aliphatic rings. The van der Waals surface area contributed by atoms with E-state index in [1.54, 1.807) is 36.1 Å². The van der Waals surface area contributed by atoms with Crippen LogP contribution in [-0.2, 0) is 19.1 Å². The molecule has 0 saturated carbocycles. The zero-order chi connectivity index (χ0) is 20.0. The van der Waals surface area contributed by atoms with Crippen LogP contribution in [0.3, 0.4) is 0 Å². The lowest BCUT2D eigenvalue weighted by molar-refractivity contribution is -0.133. The van der Waals surface area contributed by atoms with Crippen LogP contribution >= 0.6 is 0 Å². The first-order valence-corrected chi connectivity index (χ1v) is 8.44. The largest absolute Gasteiger partial charge is 0.370 e. The second-order valence-corrected chi connectivity index (χ2v) is 5.92. The molecule has 27 heavy (non-hydrogen) atoms. The van der Waals surface area contributed by atoms with Crippen molar-refractivity contribution in [2.75, 3.05) is 43.1 Å². The Kier molecular flexibility index (Phi) is 7.19. The van der Waals surface area contributed by atoms with Crippen molar-refractivity contribution in [3.05, 3.63) is 24.3 Å². The second-order valence-electron chi connectivity index (χ2n) is 5.92. The standard InChI is InChI=1S/C17H22F2N4O4/c1-2-22(9-13(18)19)15(16(20)25)17(26)21-11-3-5-12(6-4-11)23-7-8-27-10-14(23)24/h3-6,13,15H,2,7-10H2,1H3,(H2,20,25)(H,21,26)/t15-/m1/s1. The van der Waals surface area contributed by atoms with Gasteiger partial charge in [0.1, 0.15) is 6.61 Å². The summed E-state index contributed by atoms with van der Waals surface area (Å²) in [5, 5.41) is 2.50. The number of ether oxygens (including phenoxy) is 1. The molecule has 0 radical (unpaired) electrons. The topological polar surface area (TPSA) is 105 Å². The van der Waals surface area contributed by atoms with Crippen LogP contribution < -0.4 is 16.0 Å². The van der Waals surface area contributed by atoms with Crippen molar-refractivity contribution in [2.24, 2.45) is 5.73 Å². The highest BCUT2D eigenvalue weighted by Gasteiger charge is 2.32. The Hall–Kier alpha value is -2.59. The average molecular weight is 384 g/mol. The van der Waals surface area contributed by atoms with Crippen molar-refractivity contribution in [2.45, 2.75) is 19.4 Å². The minimum atomic E-state index is -2.70. The highest BCUT2D eigenvalue weighted by Crippen LogP contribution is 2.20. The zero-order valence-electron chi connectivity index (χ0n) is 14.9. The molecule has 1 aromatic carbocycles. The summed E-state index contributed by atoms with van der Waals surface area (Å²) in [6, 6.07) is 4.86. The molecule has 1 aliphatic heterocycles. The van der Waals surface area contributed by atoms with Crippen LogP contribution in [0, 0.1) is 0 Å². The van der Waals surface area contributed by atoms with Crippen molar-refractivity contribution >= 4 is 29.1 Å². The monoisotopic (exact) mass is 384 g/mol. The molecule has 0 aromatic heterocycles. The number of rotatable bonds is 8. The molecule has 1 fully saturated rings. The third-order valence-electron chi connectivity index (χ3n) is 4.09. The Balaban J connectivity index is 2.08. The molecular weight excluding hydrogens is 362 g/mol. The van der Waals surface area contributed by atoms with Crippen LogP contribution in [0.25, 0.3) is 0 Å². The summed E-state index contributed by atoms with van der Waals surface area (Å²) < 4.78 is 30.4. The Morgan fingerprint density at radius 2 is 2.00 bits per heavy atom. The summed E-state index contributed by atoms with van der Waals surface area (Å²) in [6.45, 7) is 1.74. The number of amides is 3. The van der Waals surface area contributed by atoms with Gasteiger partial charge in [0.2, 0.25) is 5.91 Å². The SMILES string of the molecule is CCN(CC(F)F)[C@H](C(N)=O)C(=O)Nc1ccc(N2CCOCC2=O)cc1. The fourth-order valence-electron chi connectivity index (χ4n) is 2.80. The molecule has 148 valence electrons. The Morgan fingerprint density at radius 1 is 1.33 bits per heavy atom. The number of nitrogens with zero attached hydrogens (tertiary/aromatic N) is 2. The summed E-state index contributed by atoms with van der Waals surface area (Å²) in [6.07, 6.45) is -2.70. The molecule has 2 rings (SSSR count). The van der Waals surface area contributed by atoms with Crippen molar-refractivity contribution in [1.82, 2.24) is 4.90 Å². The van der Waals surface area contributed by atoms with Gasteiger partial charge in [-0.25, -0.2) is 8.78 Å². The highest BCUT2D eigenvalue weighted by atomic mass is 19.3. The van der Waals surface area contributed by atoms with Crippen LogP contribution in [0.5, 0.6) is 0 Å². The van der Waals surface area contributed by atoms with E-state index in [4.69, 9.17) is 10.5 Å². The van der Waals surface area contributed by atoms with Gasteiger partial charge in [0.15, 0.2) is 6.04 Å². The molecular formula is C17H22F2N4O4. The molecule has 10 heteroatoms. The number of morpholine rings is 1. The molecule has 3 amide bonds. The third-order valence-corrected chi connectivity index (χ3v) is 4.09. The number of carbonyl (C=O) groups is 3. The van der Waals surface area contributed by atoms with E-state index < -0.39 is 30.8 Å². The quantitative estimate of drug-likeness (QED) is 0.633. The smallest absolute Gasteiger partial charge is 0.253 e. The molecule has 0 spiro atoms. The van der Waals surface area contributed by atoms with Gasteiger partial charge in [-0.2, -0.15) is 0 Å². The number of nitrogens with one attached hydrogen (secondary N) is 1. The van der Waals surface area contributed by atoms with Gasteiger partial charge in [0.05, 0.1) is 13.2 Å². The van der Waals surface area contributed by atoms with Gasteiger partial charge in [-0.15, -0.1) is 0 Å². The van der Waals surface area contributed by atoms with E-state index in [0.29, 0.717) is 24.5 Å². The van der Waals surface area contributed by atoms with E-state index in [9.17, 15) is 23.2 Å². The highest BCUT2D eigenvalue weighted by molar-refractivity contribution is 6.09. The first-order chi connectivity index (χ1) is 12.8. The number of carbonyl (C=O) groups excluding carboxylic acids is 3. The van der Waals surface area contributed by atoms with E-state index in [1.807, 2.05) is 0 Å². The van der Waals surface area contributed by atoms with E-state index >= 15 is 0 Å². The summed E-state index contributed by atoms with van der Waals surface area (Å²) in [7, 11) is 0.